The van der Waals surface area contributed by atoms with Gasteiger partial charge in [0.1, 0.15) is 0 Å². The molecule has 0 saturated heterocycles. The molecule has 1 heteroatoms. The van der Waals surface area contributed by atoms with Crippen LogP contribution >= 0.6 is 0 Å². The standard InChI is InChI=1S/C17H29N/c1-14(2)17(13-18-15(3)4)12-8-11-16-9-6-5-7-10-16/h5-7,9-10,14-15,17-18H,8,11-13H2,1-4H3. The summed E-state index contributed by atoms with van der Waals surface area (Å²) in [5, 5.41) is 3.58. The van der Waals surface area contributed by atoms with Crippen LogP contribution in [0.4, 0.5) is 0 Å². The van der Waals surface area contributed by atoms with Crippen LogP contribution in [0, 0.1) is 11.8 Å². The molecule has 0 bridgehead atoms. The van der Waals surface area contributed by atoms with Crippen molar-refractivity contribution < 1.29 is 0 Å². The first-order valence-electron chi connectivity index (χ1n) is 7.37. The first kappa shape index (κ1) is 15.2. The van der Waals surface area contributed by atoms with Crippen molar-refractivity contribution in [1.82, 2.24) is 5.32 Å². The fourth-order valence-corrected chi connectivity index (χ4v) is 2.27. The lowest BCUT2D eigenvalue weighted by Gasteiger charge is -2.22. The van der Waals surface area contributed by atoms with E-state index < -0.39 is 0 Å². The quantitative estimate of drug-likeness (QED) is 0.723. The predicted octanol–water partition coefficient (Wildman–Crippen LogP) is 4.28. The van der Waals surface area contributed by atoms with Gasteiger partial charge in [0.25, 0.3) is 0 Å². The number of rotatable bonds is 8. The number of hydrogen-bond acceptors (Lipinski definition) is 1. The number of nitrogens with one attached hydrogen (secondary N) is 1. The fraction of sp³-hybridized carbons (Fsp3) is 0.647. The molecule has 1 N–H and O–H groups in total. The van der Waals surface area contributed by atoms with E-state index in [1.165, 1.54) is 24.8 Å². The monoisotopic (exact) mass is 247 g/mol. The molecule has 18 heavy (non-hydrogen) atoms. The Morgan fingerprint density at radius 3 is 2.22 bits per heavy atom. The Labute approximate surface area is 113 Å². The molecular weight excluding hydrogens is 218 g/mol. The SMILES string of the molecule is CC(C)NCC(CCCc1ccccc1)C(C)C. The highest BCUT2D eigenvalue weighted by molar-refractivity contribution is 5.14. The third-order valence-electron chi connectivity index (χ3n) is 3.61. The second-order valence-corrected chi connectivity index (χ2v) is 5.94. The maximum Gasteiger partial charge on any atom is 0.00104 e. The smallest absolute Gasteiger partial charge is 0.00104 e. The van der Waals surface area contributed by atoms with Crippen LogP contribution in [0.5, 0.6) is 0 Å². The van der Waals surface area contributed by atoms with Gasteiger partial charge >= 0.3 is 0 Å². The Morgan fingerprint density at radius 1 is 1.00 bits per heavy atom. The lowest BCUT2D eigenvalue weighted by atomic mass is 9.89. The Morgan fingerprint density at radius 2 is 1.67 bits per heavy atom. The van der Waals surface area contributed by atoms with Crippen molar-refractivity contribution >= 4 is 0 Å². The van der Waals surface area contributed by atoms with Crippen LogP contribution < -0.4 is 5.32 Å². The Kier molecular flexibility index (Phi) is 7.04. The molecule has 1 unspecified atom stereocenters. The number of benzene rings is 1. The van der Waals surface area contributed by atoms with Crippen molar-refractivity contribution in [3.8, 4) is 0 Å². The second-order valence-electron chi connectivity index (χ2n) is 5.94. The van der Waals surface area contributed by atoms with Crippen LogP contribution in [0.25, 0.3) is 0 Å². The Hall–Kier alpha value is -0.820. The van der Waals surface area contributed by atoms with E-state index in [1.807, 2.05) is 0 Å². The van der Waals surface area contributed by atoms with Gasteiger partial charge < -0.3 is 5.32 Å². The van der Waals surface area contributed by atoms with Gasteiger partial charge in [-0.25, -0.2) is 0 Å². The average molecular weight is 247 g/mol. The van der Waals surface area contributed by atoms with E-state index in [9.17, 15) is 0 Å². The zero-order valence-corrected chi connectivity index (χ0v) is 12.4. The van der Waals surface area contributed by atoms with Gasteiger partial charge in [0.05, 0.1) is 0 Å². The van der Waals surface area contributed by atoms with Gasteiger partial charge in [-0.05, 0) is 43.2 Å². The molecule has 0 spiro atoms. The van der Waals surface area contributed by atoms with Gasteiger partial charge in [0.15, 0.2) is 0 Å². The molecule has 0 fully saturated rings. The summed E-state index contributed by atoms with van der Waals surface area (Å²) in [5.41, 5.74) is 1.47. The average Bonchev–Trinajstić information content (AvgIpc) is 2.34. The van der Waals surface area contributed by atoms with Crippen LogP contribution in [-0.2, 0) is 6.42 Å². The minimum atomic E-state index is 0.598. The van der Waals surface area contributed by atoms with Gasteiger partial charge in [-0.15, -0.1) is 0 Å². The highest BCUT2D eigenvalue weighted by atomic mass is 14.9. The van der Waals surface area contributed by atoms with E-state index >= 15 is 0 Å². The second kappa shape index (κ2) is 8.31. The molecule has 0 radical (unpaired) electrons. The molecule has 0 saturated carbocycles. The van der Waals surface area contributed by atoms with Crippen LogP contribution in [0.15, 0.2) is 30.3 Å². The summed E-state index contributed by atoms with van der Waals surface area (Å²) >= 11 is 0. The molecule has 0 amide bonds. The van der Waals surface area contributed by atoms with Crippen molar-refractivity contribution in [2.45, 2.75) is 53.0 Å². The minimum Gasteiger partial charge on any atom is -0.314 e. The molecule has 1 aromatic rings. The summed E-state index contributed by atoms with van der Waals surface area (Å²) < 4.78 is 0. The summed E-state index contributed by atoms with van der Waals surface area (Å²) in [6, 6.07) is 11.4. The zero-order chi connectivity index (χ0) is 13.4. The minimum absolute atomic E-state index is 0.598. The predicted molar refractivity (Wildman–Crippen MR) is 80.8 cm³/mol. The van der Waals surface area contributed by atoms with Gasteiger partial charge in [-0.3, -0.25) is 0 Å². The molecule has 1 atom stereocenters. The van der Waals surface area contributed by atoms with Crippen molar-refractivity contribution in [2.24, 2.45) is 11.8 Å². The van der Waals surface area contributed by atoms with Crippen molar-refractivity contribution in [3.05, 3.63) is 35.9 Å². The molecule has 0 aliphatic carbocycles. The van der Waals surface area contributed by atoms with Gasteiger partial charge in [-0.2, -0.15) is 0 Å². The molecule has 0 aliphatic rings. The third kappa shape index (κ3) is 6.20. The van der Waals surface area contributed by atoms with Crippen LogP contribution in [0.3, 0.4) is 0 Å². The Balaban J connectivity index is 2.29. The normalized spacial score (nSPS) is 13.2. The summed E-state index contributed by atoms with van der Waals surface area (Å²) in [4.78, 5) is 0. The molecule has 1 nitrogen and oxygen atoms in total. The maximum atomic E-state index is 3.58. The first-order chi connectivity index (χ1) is 8.59. The van der Waals surface area contributed by atoms with E-state index in [-0.39, 0.29) is 0 Å². The number of aryl methyl sites for hydroxylation is 1. The summed E-state index contributed by atoms with van der Waals surface area (Å²) in [7, 11) is 0. The Bertz CT molecular complexity index is 303. The highest BCUT2D eigenvalue weighted by Crippen LogP contribution is 2.18. The lowest BCUT2D eigenvalue weighted by Crippen LogP contribution is -2.31. The summed E-state index contributed by atoms with van der Waals surface area (Å²) in [6.07, 6.45) is 3.84. The summed E-state index contributed by atoms with van der Waals surface area (Å²) in [5.74, 6) is 1.57. The number of hydrogen-bond donors (Lipinski definition) is 1. The molecule has 0 aromatic heterocycles. The molecule has 102 valence electrons. The van der Waals surface area contributed by atoms with Crippen LogP contribution in [-0.4, -0.2) is 12.6 Å². The maximum absolute atomic E-state index is 3.58. The molecule has 1 aromatic carbocycles. The van der Waals surface area contributed by atoms with Crippen molar-refractivity contribution in [3.63, 3.8) is 0 Å². The highest BCUT2D eigenvalue weighted by Gasteiger charge is 2.13. The molecule has 1 rings (SSSR count). The first-order valence-corrected chi connectivity index (χ1v) is 7.37. The van der Waals surface area contributed by atoms with Crippen LogP contribution in [0.1, 0.15) is 46.1 Å². The van der Waals surface area contributed by atoms with Gasteiger partial charge in [0, 0.05) is 6.04 Å². The van der Waals surface area contributed by atoms with Crippen molar-refractivity contribution in [2.75, 3.05) is 6.54 Å². The van der Waals surface area contributed by atoms with E-state index in [1.54, 1.807) is 0 Å². The molecule has 0 aliphatic heterocycles. The van der Waals surface area contributed by atoms with E-state index in [0.717, 1.165) is 18.4 Å². The van der Waals surface area contributed by atoms with Crippen molar-refractivity contribution in [1.29, 1.82) is 0 Å². The molecule has 0 heterocycles. The largest absolute Gasteiger partial charge is 0.314 e. The van der Waals surface area contributed by atoms with E-state index in [2.05, 4.69) is 63.3 Å². The zero-order valence-electron chi connectivity index (χ0n) is 12.4. The van der Waals surface area contributed by atoms with E-state index in [4.69, 9.17) is 0 Å². The summed E-state index contributed by atoms with van der Waals surface area (Å²) in [6.45, 7) is 10.3. The van der Waals surface area contributed by atoms with E-state index in [0.29, 0.717) is 6.04 Å². The van der Waals surface area contributed by atoms with Crippen LogP contribution in [0.2, 0.25) is 0 Å². The van der Waals surface area contributed by atoms with Gasteiger partial charge in [-0.1, -0.05) is 58.0 Å². The fourth-order valence-electron chi connectivity index (χ4n) is 2.27. The molecular formula is C17H29N. The third-order valence-corrected chi connectivity index (χ3v) is 3.61. The lowest BCUT2D eigenvalue weighted by molar-refractivity contribution is 0.324. The van der Waals surface area contributed by atoms with Gasteiger partial charge in [0.2, 0.25) is 0 Å². The topological polar surface area (TPSA) is 12.0 Å².